The quantitative estimate of drug-likeness (QED) is 0.742. The molecule has 0 fully saturated rings. The summed E-state index contributed by atoms with van der Waals surface area (Å²) in [6, 6.07) is 5.87. The fourth-order valence-electron chi connectivity index (χ4n) is 3.42. The van der Waals surface area contributed by atoms with Crippen LogP contribution in [0, 0.1) is 6.92 Å². The Labute approximate surface area is 162 Å². The zero-order valence-corrected chi connectivity index (χ0v) is 17.6. The number of phenolic OH excluding ortho intramolecular Hbond substituents is 1. The van der Waals surface area contributed by atoms with Gasteiger partial charge in [0.15, 0.2) is 0 Å². The van der Waals surface area contributed by atoms with Gasteiger partial charge in [0.05, 0.1) is 5.56 Å². The Morgan fingerprint density at radius 1 is 1.11 bits per heavy atom. The Bertz CT molecular complexity index is 855. The van der Waals surface area contributed by atoms with Crippen LogP contribution in [0.5, 0.6) is 5.75 Å². The Kier molecular flexibility index (Phi) is 5.33. The van der Waals surface area contributed by atoms with Crippen LogP contribution < -0.4 is 5.73 Å². The Morgan fingerprint density at radius 3 is 1.96 bits per heavy atom. The van der Waals surface area contributed by atoms with Gasteiger partial charge in [-0.15, -0.1) is 6.58 Å². The number of primary amides is 1. The van der Waals surface area contributed by atoms with Crippen molar-refractivity contribution in [3.63, 3.8) is 0 Å². The average Bonchev–Trinajstić information content (AvgIpc) is 2.83. The highest BCUT2D eigenvalue weighted by atomic mass is 16.3. The number of allylic oxidation sites excluding steroid dienone is 1. The van der Waals surface area contributed by atoms with Crippen LogP contribution >= 0.6 is 0 Å². The first-order valence-electron chi connectivity index (χ1n) is 9.28. The number of nitrogens with zero attached hydrogens (tertiary/aromatic N) is 1. The molecule has 0 radical (unpaired) electrons. The lowest BCUT2D eigenvalue weighted by Crippen LogP contribution is -2.17. The molecule has 0 atom stereocenters. The molecule has 0 aliphatic carbocycles. The van der Waals surface area contributed by atoms with Crippen LogP contribution in [0.4, 0.5) is 0 Å². The third-order valence-corrected chi connectivity index (χ3v) is 4.97. The fraction of sp³-hybridized carbons (Fsp3) is 0.435. The number of hydrogen-bond acceptors (Lipinski definition) is 2. The minimum absolute atomic E-state index is 0.225. The smallest absolute Gasteiger partial charge is 0.250 e. The van der Waals surface area contributed by atoms with Crippen molar-refractivity contribution >= 4 is 5.91 Å². The molecule has 0 aliphatic rings. The van der Waals surface area contributed by atoms with E-state index in [0.717, 1.165) is 28.1 Å². The molecule has 0 unspecified atom stereocenters. The molecule has 2 aromatic rings. The number of amides is 1. The zero-order chi connectivity index (χ0) is 20.7. The molecular formula is C23H32N2O2. The van der Waals surface area contributed by atoms with E-state index in [1.165, 1.54) is 0 Å². The lowest BCUT2D eigenvalue weighted by Gasteiger charge is -2.28. The van der Waals surface area contributed by atoms with Gasteiger partial charge in [0.25, 0.3) is 5.91 Å². The van der Waals surface area contributed by atoms with Crippen molar-refractivity contribution in [1.29, 1.82) is 0 Å². The summed E-state index contributed by atoms with van der Waals surface area (Å²) in [5.74, 6) is -0.102. The Balaban J connectivity index is 2.89. The first kappa shape index (κ1) is 20.8. The van der Waals surface area contributed by atoms with Gasteiger partial charge in [-0.1, -0.05) is 47.6 Å². The van der Waals surface area contributed by atoms with E-state index in [1.54, 1.807) is 6.08 Å². The minimum atomic E-state index is -0.442. The van der Waals surface area contributed by atoms with Crippen molar-refractivity contribution in [1.82, 2.24) is 4.57 Å². The van der Waals surface area contributed by atoms with E-state index in [-0.39, 0.29) is 10.8 Å². The molecule has 0 saturated heterocycles. The van der Waals surface area contributed by atoms with E-state index in [2.05, 4.69) is 48.1 Å². The second kappa shape index (κ2) is 6.91. The highest BCUT2D eigenvalue weighted by Gasteiger charge is 2.28. The number of hydrogen-bond donors (Lipinski definition) is 2. The highest BCUT2D eigenvalue weighted by Crippen LogP contribution is 2.42. The summed E-state index contributed by atoms with van der Waals surface area (Å²) in [7, 11) is 0. The Hall–Kier alpha value is -2.49. The van der Waals surface area contributed by atoms with Crippen LogP contribution in [-0.4, -0.2) is 15.6 Å². The number of benzene rings is 1. The van der Waals surface area contributed by atoms with Gasteiger partial charge >= 0.3 is 0 Å². The van der Waals surface area contributed by atoms with Gasteiger partial charge in [0.2, 0.25) is 0 Å². The SMILES string of the molecule is C=CCn1c(-c2cc(C(C)(C)C)c(O)c(C(C)(C)C)c2)cc(C(N)=O)c1C. The third-order valence-electron chi connectivity index (χ3n) is 4.97. The molecule has 0 saturated carbocycles. The standard InChI is InChI=1S/C23H32N2O2/c1-9-10-25-14(2)16(21(24)27)13-19(25)15-11-17(22(3,4)5)20(26)18(12-15)23(6,7)8/h9,11-13,26H,1,10H2,2-8H3,(H2,24,27). The summed E-state index contributed by atoms with van der Waals surface area (Å²) in [5, 5.41) is 11.0. The first-order valence-corrected chi connectivity index (χ1v) is 9.28. The van der Waals surface area contributed by atoms with E-state index >= 15 is 0 Å². The van der Waals surface area contributed by atoms with Crippen molar-refractivity contribution < 1.29 is 9.90 Å². The number of carbonyl (C=O) groups is 1. The topological polar surface area (TPSA) is 68.2 Å². The van der Waals surface area contributed by atoms with Crippen LogP contribution in [0.2, 0.25) is 0 Å². The van der Waals surface area contributed by atoms with Gasteiger partial charge in [-0.2, -0.15) is 0 Å². The summed E-state index contributed by atoms with van der Waals surface area (Å²) >= 11 is 0. The van der Waals surface area contributed by atoms with Gasteiger partial charge in [-0.05, 0) is 41.5 Å². The highest BCUT2D eigenvalue weighted by molar-refractivity contribution is 5.95. The molecule has 0 bridgehead atoms. The maximum Gasteiger partial charge on any atom is 0.250 e. The lowest BCUT2D eigenvalue weighted by atomic mass is 9.78. The predicted molar refractivity (Wildman–Crippen MR) is 112 cm³/mol. The molecule has 1 heterocycles. The minimum Gasteiger partial charge on any atom is -0.507 e. The predicted octanol–water partition coefficient (Wildman–Crippen LogP) is 5.05. The maximum atomic E-state index is 11.9. The number of aromatic hydroxyl groups is 1. The molecule has 1 aromatic heterocycles. The second-order valence-electron chi connectivity index (χ2n) is 9.21. The van der Waals surface area contributed by atoms with Gasteiger partial charge in [-0.3, -0.25) is 4.79 Å². The van der Waals surface area contributed by atoms with Crippen LogP contribution in [0.25, 0.3) is 11.3 Å². The average molecular weight is 369 g/mol. The summed E-state index contributed by atoms with van der Waals surface area (Å²) in [6.07, 6.45) is 1.80. The van der Waals surface area contributed by atoms with Gasteiger partial charge < -0.3 is 15.4 Å². The molecule has 1 amide bonds. The van der Waals surface area contributed by atoms with Crippen LogP contribution in [-0.2, 0) is 17.4 Å². The number of phenols is 1. The van der Waals surface area contributed by atoms with Crippen molar-refractivity contribution in [3.8, 4) is 17.0 Å². The lowest BCUT2D eigenvalue weighted by molar-refractivity contribution is 0.0999. The molecule has 3 N–H and O–H groups in total. The summed E-state index contributed by atoms with van der Waals surface area (Å²) in [6.45, 7) is 18.8. The van der Waals surface area contributed by atoms with Crippen molar-refractivity contribution in [3.05, 3.63) is 53.2 Å². The van der Waals surface area contributed by atoms with Crippen molar-refractivity contribution in [2.45, 2.75) is 65.8 Å². The number of nitrogens with two attached hydrogens (primary N) is 1. The maximum absolute atomic E-state index is 11.9. The van der Waals surface area contributed by atoms with Crippen LogP contribution in [0.3, 0.4) is 0 Å². The van der Waals surface area contributed by atoms with Gasteiger partial charge in [-0.25, -0.2) is 0 Å². The summed E-state index contributed by atoms with van der Waals surface area (Å²) < 4.78 is 2.04. The largest absolute Gasteiger partial charge is 0.507 e. The van der Waals surface area contributed by atoms with Crippen LogP contribution in [0.15, 0.2) is 30.9 Å². The summed E-state index contributed by atoms with van der Waals surface area (Å²) in [5.41, 5.74) is 10.1. The Morgan fingerprint density at radius 2 is 1.59 bits per heavy atom. The molecule has 27 heavy (non-hydrogen) atoms. The molecule has 1 aromatic carbocycles. The number of aromatic nitrogens is 1. The molecule has 146 valence electrons. The van der Waals surface area contributed by atoms with Crippen molar-refractivity contribution in [2.75, 3.05) is 0 Å². The van der Waals surface area contributed by atoms with E-state index in [4.69, 9.17) is 5.73 Å². The normalized spacial score (nSPS) is 12.3. The molecule has 0 spiro atoms. The molecule has 0 aliphatic heterocycles. The molecule has 2 rings (SSSR count). The third kappa shape index (κ3) is 3.95. The molecule has 4 nitrogen and oxygen atoms in total. The number of rotatable bonds is 4. The molecular weight excluding hydrogens is 336 g/mol. The van der Waals surface area contributed by atoms with Gasteiger partial charge in [0.1, 0.15) is 5.75 Å². The second-order valence-corrected chi connectivity index (χ2v) is 9.21. The van der Waals surface area contributed by atoms with E-state index < -0.39 is 5.91 Å². The van der Waals surface area contributed by atoms with E-state index in [0.29, 0.717) is 17.9 Å². The molecule has 4 heteroatoms. The van der Waals surface area contributed by atoms with E-state index in [1.807, 2.05) is 29.7 Å². The van der Waals surface area contributed by atoms with Crippen molar-refractivity contribution in [2.24, 2.45) is 5.73 Å². The monoisotopic (exact) mass is 368 g/mol. The van der Waals surface area contributed by atoms with E-state index in [9.17, 15) is 9.90 Å². The number of carbonyl (C=O) groups excluding carboxylic acids is 1. The fourth-order valence-corrected chi connectivity index (χ4v) is 3.42. The zero-order valence-electron chi connectivity index (χ0n) is 17.6. The van der Waals surface area contributed by atoms with Crippen LogP contribution in [0.1, 0.15) is 68.7 Å². The summed E-state index contributed by atoms with van der Waals surface area (Å²) in [4.78, 5) is 11.9. The first-order chi connectivity index (χ1) is 12.3. The van der Waals surface area contributed by atoms with Gasteiger partial charge in [0, 0.05) is 29.1 Å².